The van der Waals surface area contributed by atoms with E-state index in [1.165, 1.54) is 0 Å². The Kier molecular flexibility index (Phi) is 7.43. The molecule has 7 heteroatoms. The number of benzene rings is 2. The lowest BCUT2D eigenvalue weighted by molar-refractivity contribution is -0.140. The van der Waals surface area contributed by atoms with Gasteiger partial charge < -0.3 is 19.6 Å². The summed E-state index contributed by atoms with van der Waals surface area (Å²) in [5.74, 6) is -0.546. The maximum Gasteiger partial charge on any atom is 0.295 e. The molecular formula is C27H31BrN2O4. The molecule has 1 fully saturated rings. The highest BCUT2D eigenvalue weighted by molar-refractivity contribution is 9.10. The molecule has 1 N–H and O–H groups in total. The zero-order chi connectivity index (χ0) is 24.4. The number of hydrogen-bond donors (Lipinski definition) is 1. The van der Waals surface area contributed by atoms with E-state index in [0.717, 1.165) is 53.8 Å². The van der Waals surface area contributed by atoms with Crippen LogP contribution in [-0.2, 0) is 16.0 Å². The van der Waals surface area contributed by atoms with Gasteiger partial charge in [0, 0.05) is 23.0 Å². The first-order chi connectivity index (χ1) is 16.3. The monoisotopic (exact) mass is 526 g/mol. The van der Waals surface area contributed by atoms with Crippen molar-refractivity contribution in [2.75, 3.05) is 26.2 Å². The van der Waals surface area contributed by atoms with Gasteiger partial charge in [-0.25, -0.2) is 0 Å². The molecule has 2 heterocycles. The quantitative estimate of drug-likeness (QED) is 0.300. The standard InChI is InChI=1S/C27H31BrN2O4/c1-4-29(5-2)13-6-14-30-24(18-7-10-21(28)11-8-18)23(26(32)27(30)33)25(31)19-9-12-22-20(16-19)15-17(3)34-22/h7-12,16-17,24,31H,4-6,13-15H2,1-3H3/b25-23+/t17-,24+/m0/s1. The first-order valence-electron chi connectivity index (χ1n) is 11.9. The summed E-state index contributed by atoms with van der Waals surface area (Å²) in [7, 11) is 0. The third-order valence-electron chi connectivity index (χ3n) is 6.66. The molecule has 2 aliphatic rings. The van der Waals surface area contributed by atoms with Crippen molar-refractivity contribution >= 4 is 33.4 Å². The van der Waals surface area contributed by atoms with E-state index in [1.807, 2.05) is 43.3 Å². The van der Waals surface area contributed by atoms with Crippen molar-refractivity contribution in [1.82, 2.24) is 9.80 Å². The number of rotatable bonds is 8. The van der Waals surface area contributed by atoms with Crippen molar-refractivity contribution in [3.05, 3.63) is 69.2 Å². The number of halogens is 1. The second-order valence-electron chi connectivity index (χ2n) is 8.88. The van der Waals surface area contributed by atoms with Crippen LogP contribution in [0.4, 0.5) is 0 Å². The molecule has 2 aliphatic heterocycles. The highest BCUT2D eigenvalue weighted by Crippen LogP contribution is 2.41. The van der Waals surface area contributed by atoms with Gasteiger partial charge in [0.2, 0.25) is 0 Å². The molecule has 0 aliphatic carbocycles. The summed E-state index contributed by atoms with van der Waals surface area (Å²) in [6, 6.07) is 12.4. The number of aliphatic hydroxyl groups is 1. The summed E-state index contributed by atoms with van der Waals surface area (Å²) in [4.78, 5) is 30.3. The molecule has 1 amide bonds. The molecule has 0 spiro atoms. The number of nitrogens with zero attached hydrogens (tertiary/aromatic N) is 2. The van der Waals surface area contributed by atoms with E-state index in [9.17, 15) is 14.7 Å². The molecule has 2 aromatic rings. The molecule has 1 saturated heterocycles. The minimum Gasteiger partial charge on any atom is -0.507 e. The van der Waals surface area contributed by atoms with Gasteiger partial charge in [-0.15, -0.1) is 0 Å². The maximum atomic E-state index is 13.2. The van der Waals surface area contributed by atoms with Gasteiger partial charge in [0.1, 0.15) is 17.6 Å². The summed E-state index contributed by atoms with van der Waals surface area (Å²) in [5.41, 5.74) is 2.46. The Morgan fingerprint density at radius 3 is 2.53 bits per heavy atom. The SMILES string of the molecule is CCN(CC)CCCN1C(=O)C(=O)/C(=C(/O)c2ccc3c(c2)C[C@H](C)O3)[C@H]1c1ccc(Br)cc1. The average molecular weight is 527 g/mol. The Hall–Kier alpha value is -2.64. The molecule has 180 valence electrons. The van der Waals surface area contributed by atoms with E-state index in [4.69, 9.17) is 4.74 Å². The molecule has 6 nitrogen and oxygen atoms in total. The molecule has 0 bridgehead atoms. The molecule has 2 atom stereocenters. The lowest BCUT2D eigenvalue weighted by Gasteiger charge is -2.27. The predicted octanol–water partition coefficient (Wildman–Crippen LogP) is 4.93. The Labute approximate surface area is 209 Å². The van der Waals surface area contributed by atoms with E-state index in [1.54, 1.807) is 11.0 Å². The van der Waals surface area contributed by atoms with Gasteiger partial charge >= 0.3 is 0 Å². The van der Waals surface area contributed by atoms with Gasteiger partial charge in [-0.05, 0) is 74.4 Å². The molecule has 0 saturated carbocycles. The summed E-state index contributed by atoms with van der Waals surface area (Å²) < 4.78 is 6.68. The molecule has 4 rings (SSSR count). The number of amides is 1. The van der Waals surface area contributed by atoms with Crippen LogP contribution in [0.25, 0.3) is 5.76 Å². The molecule has 2 aromatic carbocycles. The van der Waals surface area contributed by atoms with Crippen LogP contribution < -0.4 is 4.74 Å². The molecular weight excluding hydrogens is 496 g/mol. The van der Waals surface area contributed by atoms with Crippen LogP contribution in [0, 0.1) is 0 Å². The Balaban J connectivity index is 1.72. The van der Waals surface area contributed by atoms with Crippen LogP contribution in [0.5, 0.6) is 5.75 Å². The van der Waals surface area contributed by atoms with E-state index in [0.29, 0.717) is 12.1 Å². The van der Waals surface area contributed by atoms with Crippen LogP contribution >= 0.6 is 15.9 Å². The number of aliphatic hydroxyl groups excluding tert-OH is 1. The lowest BCUT2D eigenvalue weighted by Crippen LogP contribution is -2.33. The number of fused-ring (bicyclic) bond motifs is 1. The van der Waals surface area contributed by atoms with Gasteiger partial charge in [-0.1, -0.05) is 41.9 Å². The van der Waals surface area contributed by atoms with Gasteiger partial charge in [0.15, 0.2) is 0 Å². The molecule has 0 unspecified atom stereocenters. The van der Waals surface area contributed by atoms with E-state index < -0.39 is 17.7 Å². The van der Waals surface area contributed by atoms with Gasteiger partial charge in [-0.3, -0.25) is 9.59 Å². The normalized spacial score (nSPS) is 21.3. The largest absolute Gasteiger partial charge is 0.507 e. The fourth-order valence-electron chi connectivity index (χ4n) is 4.83. The van der Waals surface area contributed by atoms with Crippen LogP contribution in [0.1, 0.15) is 49.9 Å². The van der Waals surface area contributed by atoms with E-state index in [-0.39, 0.29) is 17.4 Å². The van der Waals surface area contributed by atoms with Crippen molar-refractivity contribution in [2.24, 2.45) is 0 Å². The zero-order valence-corrected chi connectivity index (χ0v) is 21.5. The number of ketones is 1. The summed E-state index contributed by atoms with van der Waals surface area (Å²) in [5, 5.41) is 11.3. The Morgan fingerprint density at radius 1 is 1.15 bits per heavy atom. The van der Waals surface area contributed by atoms with Crippen LogP contribution in [0.3, 0.4) is 0 Å². The summed E-state index contributed by atoms with van der Waals surface area (Å²) in [6.45, 7) is 9.37. The van der Waals surface area contributed by atoms with E-state index in [2.05, 4.69) is 34.7 Å². The van der Waals surface area contributed by atoms with E-state index >= 15 is 0 Å². The Morgan fingerprint density at radius 2 is 1.85 bits per heavy atom. The second-order valence-corrected chi connectivity index (χ2v) is 9.80. The number of likely N-dealkylation sites (tertiary alicyclic amines) is 1. The minimum absolute atomic E-state index is 0.0755. The van der Waals surface area contributed by atoms with Crippen LogP contribution in [-0.4, -0.2) is 58.9 Å². The number of ether oxygens (including phenoxy) is 1. The van der Waals surface area contributed by atoms with Crippen LogP contribution in [0.2, 0.25) is 0 Å². The first kappa shape index (κ1) is 24.5. The fourth-order valence-corrected chi connectivity index (χ4v) is 5.10. The number of hydrogen-bond acceptors (Lipinski definition) is 5. The Bertz CT molecular complexity index is 1110. The topological polar surface area (TPSA) is 70.1 Å². The molecule has 0 radical (unpaired) electrons. The van der Waals surface area contributed by atoms with Gasteiger partial charge in [0.25, 0.3) is 11.7 Å². The third kappa shape index (κ3) is 4.77. The zero-order valence-electron chi connectivity index (χ0n) is 19.9. The average Bonchev–Trinajstić information content (AvgIpc) is 3.32. The van der Waals surface area contributed by atoms with Gasteiger partial charge in [0.05, 0.1) is 11.6 Å². The van der Waals surface area contributed by atoms with Crippen molar-refractivity contribution < 1.29 is 19.4 Å². The number of carbonyl (C=O) groups excluding carboxylic acids is 2. The van der Waals surface area contributed by atoms with Crippen molar-refractivity contribution in [2.45, 2.75) is 45.8 Å². The maximum absolute atomic E-state index is 13.2. The fraction of sp³-hybridized carbons (Fsp3) is 0.407. The highest BCUT2D eigenvalue weighted by atomic mass is 79.9. The summed E-state index contributed by atoms with van der Waals surface area (Å²) >= 11 is 3.45. The van der Waals surface area contributed by atoms with Crippen molar-refractivity contribution in [3.8, 4) is 5.75 Å². The van der Waals surface area contributed by atoms with Crippen molar-refractivity contribution in [1.29, 1.82) is 0 Å². The highest BCUT2D eigenvalue weighted by Gasteiger charge is 2.45. The predicted molar refractivity (Wildman–Crippen MR) is 136 cm³/mol. The van der Waals surface area contributed by atoms with Crippen LogP contribution in [0.15, 0.2) is 52.5 Å². The first-order valence-corrected chi connectivity index (χ1v) is 12.7. The number of Topliss-reactive ketones (excluding diaryl/α,β-unsaturated/α-hetero) is 1. The number of carbonyl (C=O) groups is 2. The molecule has 34 heavy (non-hydrogen) atoms. The smallest absolute Gasteiger partial charge is 0.295 e. The minimum atomic E-state index is -0.640. The van der Waals surface area contributed by atoms with Crippen molar-refractivity contribution in [3.63, 3.8) is 0 Å². The van der Waals surface area contributed by atoms with Gasteiger partial charge in [-0.2, -0.15) is 0 Å². The second kappa shape index (κ2) is 10.3. The third-order valence-corrected chi connectivity index (χ3v) is 7.19. The summed E-state index contributed by atoms with van der Waals surface area (Å²) in [6.07, 6.45) is 1.56. The molecule has 0 aromatic heterocycles. The lowest BCUT2D eigenvalue weighted by atomic mass is 9.94.